The van der Waals surface area contributed by atoms with Crippen LogP contribution in [-0.2, 0) is 14.3 Å². The summed E-state index contributed by atoms with van der Waals surface area (Å²) >= 11 is 0. The molecule has 7 heteroatoms. The predicted molar refractivity (Wildman–Crippen MR) is 210 cm³/mol. The first kappa shape index (κ1) is 37.4. The van der Waals surface area contributed by atoms with Crippen LogP contribution in [0.25, 0.3) is 11.3 Å². The van der Waals surface area contributed by atoms with Crippen LogP contribution in [0, 0.1) is 56.7 Å². The second-order valence-electron chi connectivity index (χ2n) is 20.0. The van der Waals surface area contributed by atoms with E-state index in [1.54, 1.807) is 7.11 Å². The van der Waals surface area contributed by atoms with Gasteiger partial charge in [-0.3, -0.25) is 4.79 Å². The van der Waals surface area contributed by atoms with E-state index in [9.17, 15) is 5.11 Å². The monoisotopic (exact) mass is 726 g/mol. The van der Waals surface area contributed by atoms with E-state index in [0.717, 1.165) is 62.0 Å². The third kappa shape index (κ3) is 5.51. The van der Waals surface area contributed by atoms with E-state index < -0.39 is 5.41 Å². The van der Waals surface area contributed by atoms with Gasteiger partial charge in [-0.05, 0) is 128 Å². The van der Waals surface area contributed by atoms with Crippen LogP contribution in [0.15, 0.2) is 48.7 Å². The SMILES string of the molecule is C=C(C)[C@@H]1CC[C@]2(C(=O)N3C[C@H](OCCOC)C[C@H]3c3ncc(-c4ccccc4)[nH]3)CC[C@]3(C)C(CC[C@@H]4C5(C)CC[C@H](O)C(C)(C)[C@@H]5CCC43C)[C@@H]12. The second-order valence-corrected chi connectivity index (χ2v) is 20.0. The van der Waals surface area contributed by atoms with Crippen LogP contribution in [0.5, 0.6) is 0 Å². The Labute approximate surface area is 319 Å². The zero-order chi connectivity index (χ0) is 37.6. The van der Waals surface area contributed by atoms with E-state index in [-0.39, 0.29) is 39.9 Å². The molecule has 1 aromatic heterocycles. The lowest BCUT2D eigenvalue weighted by Gasteiger charge is -2.73. The average molecular weight is 726 g/mol. The van der Waals surface area contributed by atoms with Crippen molar-refractivity contribution in [1.29, 1.82) is 0 Å². The molecule has 1 saturated heterocycles. The molecule has 1 aromatic carbocycles. The highest BCUT2D eigenvalue weighted by atomic mass is 16.5. The number of likely N-dealkylation sites (tertiary alicyclic amines) is 1. The number of H-pyrrole nitrogens is 1. The number of benzene rings is 1. The number of aliphatic hydroxyl groups is 1. The number of rotatable bonds is 8. The fourth-order valence-corrected chi connectivity index (χ4v) is 14.8. The van der Waals surface area contributed by atoms with Crippen molar-refractivity contribution in [3.05, 3.63) is 54.5 Å². The number of carbonyl (C=O) groups excluding carboxylic acids is 1. The molecule has 0 spiro atoms. The number of nitrogens with zero attached hydrogens (tertiary/aromatic N) is 2. The van der Waals surface area contributed by atoms with Gasteiger partial charge < -0.3 is 24.5 Å². The van der Waals surface area contributed by atoms with Crippen LogP contribution in [-0.4, -0.2) is 65.0 Å². The molecule has 1 aliphatic heterocycles. The van der Waals surface area contributed by atoms with E-state index in [1.165, 1.54) is 31.3 Å². The number of ether oxygens (including phenoxy) is 2. The van der Waals surface area contributed by atoms with Gasteiger partial charge in [0, 0.05) is 20.1 Å². The first-order valence-electron chi connectivity index (χ1n) is 21.1. The van der Waals surface area contributed by atoms with Crippen molar-refractivity contribution in [3.63, 3.8) is 0 Å². The Morgan fingerprint density at radius 2 is 1.72 bits per heavy atom. The molecule has 53 heavy (non-hydrogen) atoms. The molecular weight excluding hydrogens is 659 g/mol. The molecule has 0 radical (unpaired) electrons. The highest BCUT2D eigenvalue weighted by molar-refractivity contribution is 5.85. The number of hydrogen-bond donors (Lipinski definition) is 2. The van der Waals surface area contributed by atoms with E-state index in [2.05, 4.69) is 82.3 Å². The van der Waals surface area contributed by atoms with Crippen LogP contribution in [0.4, 0.5) is 0 Å². The summed E-state index contributed by atoms with van der Waals surface area (Å²) in [4.78, 5) is 26.5. The van der Waals surface area contributed by atoms with Crippen molar-refractivity contribution >= 4 is 5.91 Å². The molecule has 2 aromatic rings. The number of hydrogen-bond acceptors (Lipinski definition) is 5. The molecule has 8 rings (SSSR count). The summed E-state index contributed by atoms with van der Waals surface area (Å²) in [6, 6.07) is 10.2. The summed E-state index contributed by atoms with van der Waals surface area (Å²) in [6.07, 6.45) is 13.3. The number of aromatic nitrogens is 2. The van der Waals surface area contributed by atoms with E-state index in [1.807, 2.05) is 12.3 Å². The third-order valence-electron chi connectivity index (χ3n) is 17.6. The molecule has 3 unspecified atom stereocenters. The zero-order valence-electron chi connectivity index (χ0n) is 33.8. The molecule has 0 bridgehead atoms. The Morgan fingerprint density at radius 1 is 0.943 bits per heavy atom. The normalized spacial score (nSPS) is 43.1. The largest absolute Gasteiger partial charge is 0.393 e. The molecule has 2 N–H and O–H groups in total. The van der Waals surface area contributed by atoms with Gasteiger partial charge >= 0.3 is 0 Å². The predicted octanol–water partition coefficient (Wildman–Crippen LogP) is 9.40. The summed E-state index contributed by atoms with van der Waals surface area (Å²) in [5.74, 6) is 3.52. The Hall–Kier alpha value is -2.48. The molecular formula is C46H67N3O4. The van der Waals surface area contributed by atoms with E-state index in [4.69, 9.17) is 14.5 Å². The topological polar surface area (TPSA) is 87.7 Å². The summed E-state index contributed by atoms with van der Waals surface area (Å²) < 4.78 is 11.7. The van der Waals surface area contributed by atoms with Gasteiger partial charge in [-0.25, -0.2) is 4.98 Å². The lowest BCUT2D eigenvalue weighted by Crippen LogP contribution is -2.67. The van der Waals surface area contributed by atoms with Crippen LogP contribution >= 0.6 is 0 Å². The van der Waals surface area contributed by atoms with Gasteiger partial charge in [-0.1, -0.05) is 77.1 Å². The Balaban J connectivity index is 1.13. The maximum absolute atomic E-state index is 15.7. The summed E-state index contributed by atoms with van der Waals surface area (Å²) in [5, 5.41) is 11.2. The standard InChI is InChI=1S/C46H67N3O4/c1-29(2)32-16-21-46(41(51)49-28-31(53-25-24-52-8)26-35(49)40-47-27-34(48-40)30-12-10-9-11-13-30)23-22-44(6)33(39(32)46)14-15-37-43(5)19-18-38(50)42(3,4)36(43)17-20-45(37,44)7/h9-13,27,31-33,35-39,50H,1,14-26,28H2,2-8H3,(H,47,48)/t31-,32+,33?,35+,36+,37-,38+,39-,43?,44-,45?,46+/m1/s1. The Kier molecular flexibility index (Phi) is 9.42. The molecule has 12 atom stereocenters. The number of fused-ring (bicyclic) bond motifs is 7. The van der Waals surface area contributed by atoms with Gasteiger partial charge in [0.05, 0.1) is 48.8 Å². The highest BCUT2D eigenvalue weighted by Crippen LogP contribution is 2.77. The minimum atomic E-state index is -0.399. The van der Waals surface area contributed by atoms with Crippen molar-refractivity contribution in [3.8, 4) is 11.3 Å². The lowest BCUT2D eigenvalue weighted by atomic mass is 9.32. The van der Waals surface area contributed by atoms with Crippen LogP contribution < -0.4 is 0 Å². The number of carbonyl (C=O) groups is 1. The first-order chi connectivity index (χ1) is 25.2. The van der Waals surface area contributed by atoms with Crippen LogP contribution in [0.3, 0.4) is 0 Å². The van der Waals surface area contributed by atoms with Gasteiger partial charge in [0.15, 0.2) is 0 Å². The second kappa shape index (κ2) is 13.3. The maximum Gasteiger partial charge on any atom is 0.229 e. The molecule has 5 saturated carbocycles. The lowest BCUT2D eigenvalue weighted by molar-refractivity contribution is -0.247. The van der Waals surface area contributed by atoms with Gasteiger partial charge in [-0.2, -0.15) is 0 Å². The minimum Gasteiger partial charge on any atom is -0.393 e. The average Bonchev–Trinajstić information content (AvgIpc) is 3.89. The number of nitrogens with one attached hydrogen (secondary N) is 1. The fraction of sp³-hybridized carbons (Fsp3) is 0.739. The fourth-order valence-electron chi connectivity index (χ4n) is 14.8. The number of methoxy groups -OCH3 is 1. The number of aliphatic hydroxyl groups excluding tert-OH is 1. The van der Waals surface area contributed by atoms with Crippen molar-refractivity contribution in [2.75, 3.05) is 26.9 Å². The number of imidazole rings is 1. The molecule has 6 fully saturated rings. The number of aromatic amines is 1. The minimum absolute atomic E-state index is 0.0516. The van der Waals surface area contributed by atoms with Crippen molar-refractivity contribution in [1.82, 2.24) is 14.9 Å². The van der Waals surface area contributed by atoms with Crippen molar-refractivity contribution in [2.45, 2.75) is 130 Å². The molecule has 7 nitrogen and oxygen atoms in total. The van der Waals surface area contributed by atoms with Gasteiger partial charge in [0.1, 0.15) is 5.82 Å². The Morgan fingerprint density at radius 3 is 2.45 bits per heavy atom. The number of allylic oxidation sites excluding steroid dienone is 1. The van der Waals surface area contributed by atoms with E-state index >= 15 is 4.79 Å². The van der Waals surface area contributed by atoms with Crippen LogP contribution in [0.2, 0.25) is 0 Å². The summed E-state index contributed by atoms with van der Waals surface area (Å²) in [7, 11) is 1.71. The van der Waals surface area contributed by atoms with Gasteiger partial charge in [0.25, 0.3) is 0 Å². The molecule has 2 heterocycles. The Bertz CT molecular complexity index is 1690. The molecule has 290 valence electrons. The van der Waals surface area contributed by atoms with Crippen LogP contribution in [0.1, 0.15) is 124 Å². The maximum atomic E-state index is 15.7. The smallest absolute Gasteiger partial charge is 0.229 e. The van der Waals surface area contributed by atoms with Crippen molar-refractivity contribution in [2.24, 2.45) is 56.7 Å². The van der Waals surface area contributed by atoms with Gasteiger partial charge in [0.2, 0.25) is 5.91 Å². The number of amides is 1. The zero-order valence-corrected chi connectivity index (χ0v) is 33.8. The third-order valence-corrected chi connectivity index (χ3v) is 17.6. The van der Waals surface area contributed by atoms with E-state index in [0.29, 0.717) is 55.3 Å². The highest BCUT2D eigenvalue weighted by Gasteiger charge is 2.72. The molecule has 6 aliphatic rings. The molecule has 1 amide bonds. The summed E-state index contributed by atoms with van der Waals surface area (Å²) in [5.41, 5.74) is 3.48. The van der Waals surface area contributed by atoms with Crippen molar-refractivity contribution < 1.29 is 19.4 Å². The molecule has 5 aliphatic carbocycles. The van der Waals surface area contributed by atoms with Gasteiger partial charge in [-0.15, -0.1) is 0 Å². The first-order valence-corrected chi connectivity index (χ1v) is 21.1. The summed E-state index contributed by atoms with van der Waals surface area (Å²) in [6.45, 7) is 21.1. The quantitative estimate of drug-likeness (QED) is 0.209.